The predicted molar refractivity (Wildman–Crippen MR) is 94.4 cm³/mol. The average Bonchev–Trinajstić information content (AvgIpc) is 3.31. The van der Waals surface area contributed by atoms with Gasteiger partial charge in [-0.3, -0.25) is 14.5 Å². The van der Waals surface area contributed by atoms with E-state index in [2.05, 4.69) is 20.5 Å². The molecular weight excluding hydrogens is 326 g/mol. The second-order valence-electron chi connectivity index (χ2n) is 6.38. The summed E-state index contributed by atoms with van der Waals surface area (Å²) in [5.41, 5.74) is 0.506. The average molecular weight is 351 g/mol. The van der Waals surface area contributed by atoms with E-state index in [4.69, 9.17) is 0 Å². The first kappa shape index (κ1) is 17.2. The molecule has 0 spiro atoms. The van der Waals surface area contributed by atoms with Crippen molar-refractivity contribution in [1.82, 2.24) is 20.1 Å². The van der Waals surface area contributed by atoms with Crippen molar-refractivity contribution >= 4 is 28.3 Å². The van der Waals surface area contributed by atoms with Crippen LogP contribution in [-0.2, 0) is 4.79 Å². The van der Waals surface area contributed by atoms with Crippen LogP contribution < -0.4 is 10.6 Å². The fourth-order valence-electron chi connectivity index (χ4n) is 2.71. The summed E-state index contributed by atoms with van der Waals surface area (Å²) in [4.78, 5) is 32.6. The van der Waals surface area contributed by atoms with E-state index >= 15 is 0 Å². The first-order chi connectivity index (χ1) is 11.7. The summed E-state index contributed by atoms with van der Waals surface area (Å²) in [6.45, 7) is 6.78. The Morgan fingerprint density at radius 1 is 1.29 bits per heavy atom. The first-order valence-electron chi connectivity index (χ1n) is 8.63. The standard InChI is InChI=1S/C16H25N5O2S/c1-2-17-16-19-13(11-24-16)15(23)21-7-5-20(6-8-21)10-14(22)18-9-12-3-4-12/h11-12H,2-10H2,1H3,(H,17,19)(H,18,22). The molecule has 0 radical (unpaired) electrons. The number of nitrogens with one attached hydrogen (secondary N) is 2. The summed E-state index contributed by atoms with van der Waals surface area (Å²) in [5, 5.41) is 8.70. The number of carbonyl (C=O) groups excluding carboxylic acids is 2. The van der Waals surface area contributed by atoms with Gasteiger partial charge in [0.2, 0.25) is 5.91 Å². The number of nitrogens with zero attached hydrogens (tertiary/aromatic N) is 3. The quantitative estimate of drug-likeness (QED) is 0.762. The monoisotopic (exact) mass is 351 g/mol. The zero-order valence-corrected chi connectivity index (χ0v) is 14.9. The maximum atomic E-state index is 12.5. The van der Waals surface area contributed by atoms with Gasteiger partial charge in [0.15, 0.2) is 5.13 Å². The Hall–Kier alpha value is -1.67. The molecule has 2 fully saturated rings. The summed E-state index contributed by atoms with van der Waals surface area (Å²) in [6.07, 6.45) is 2.49. The molecule has 1 aromatic rings. The molecule has 3 rings (SSSR count). The van der Waals surface area contributed by atoms with E-state index in [-0.39, 0.29) is 11.8 Å². The summed E-state index contributed by atoms with van der Waals surface area (Å²) in [5.74, 6) is 0.776. The Morgan fingerprint density at radius 2 is 2.04 bits per heavy atom. The minimum atomic E-state index is -0.0202. The van der Waals surface area contributed by atoms with Gasteiger partial charge in [-0.05, 0) is 25.7 Å². The third-order valence-electron chi connectivity index (χ3n) is 4.36. The number of aromatic nitrogens is 1. The molecule has 2 heterocycles. The molecule has 2 aliphatic rings. The van der Waals surface area contributed by atoms with Crippen LogP contribution in [0.15, 0.2) is 5.38 Å². The van der Waals surface area contributed by atoms with E-state index in [1.54, 1.807) is 5.38 Å². The molecule has 0 atom stereocenters. The molecule has 2 N–H and O–H groups in total. The van der Waals surface area contributed by atoms with E-state index in [0.29, 0.717) is 31.2 Å². The summed E-state index contributed by atoms with van der Waals surface area (Å²) < 4.78 is 0. The maximum absolute atomic E-state index is 12.5. The Bertz CT molecular complexity index is 579. The van der Waals surface area contributed by atoms with E-state index in [1.807, 2.05) is 11.8 Å². The highest BCUT2D eigenvalue weighted by atomic mass is 32.1. The van der Waals surface area contributed by atoms with Gasteiger partial charge in [-0.1, -0.05) is 0 Å². The molecular formula is C16H25N5O2S. The molecule has 1 aliphatic heterocycles. The van der Waals surface area contributed by atoms with Gasteiger partial charge in [0.1, 0.15) is 5.69 Å². The van der Waals surface area contributed by atoms with Crippen molar-refractivity contribution in [3.05, 3.63) is 11.1 Å². The van der Waals surface area contributed by atoms with E-state index in [9.17, 15) is 9.59 Å². The molecule has 0 aromatic carbocycles. The highest BCUT2D eigenvalue weighted by molar-refractivity contribution is 7.13. The fraction of sp³-hybridized carbons (Fsp3) is 0.688. The van der Waals surface area contributed by atoms with Crippen molar-refractivity contribution in [2.45, 2.75) is 19.8 Å². The summed E-state index contributed by atoms with van der Waals surface area (Å²) in [7, 11) is 0. The molecule has 1 aliphatic carbocycles. The Balaban J connectivity index is 1.41. The number of anilines is 1. The molecule has 132 valence electrons. The number of thiazole rings is 1. The zero-order valence-electron chi connectivity index (χ0n) is 14.1. The van der Waals surface area contributed by atoms with Crippen LogP contribution in [0.5, 0.6) is 0 Å². The van der Waals surface area contributed by atoms with Gasteiger partial charge >= 0.3 is 0 Å². The molecule has 0 unspecified atom stereocenters. The van der Waals surface area contributed by atoms with Gasteiger partial charge in [0.25, 0.3) is 5.91 Å². The van der Waals surface area contributed by atoms with Gasteiger partial charge in [0, 0.05) is 44.6 Å². The molecule has 8 heteroatoms. The lowest BCUT2D eigenvalue weighted by molar-refractivity contribution is -0.122. The molecule has 1 saturated heterocycles. The van der Waals surface area contributed by atoms with Crippen molar-refractivity contribution in [2.24, 2.45) is 5.92 Å². The number of carbonyl (C=O) groups is 2. The molecule has 2 amide bonds. The van der Waals surface area contributed by atoms with E-state index in [0.717, 1.165) is 31.3 Å². The number of amides is 2. The molecule has 1 saturated carbocycles. The Kier molecular flexibility index (Phi) is 5.68. The lowest BCUT2D eigenvalue weighted by atomic mass is 10.3. The largest absolute Gasteiger partial charge is 0.362 e. The van der Waals surface area contributed by atoms with Gasteiger partial charge < -0.3 is 15.5 Å². The topological polar surface area (TPSA) is 77.6 Å². The molecule has 24 heavy (non-hydrogen) atoms. The minimum Gasteiger partial charge on any atom is -0.362 e. The fourth-order valence-corrected chi connectivity index (χ4v) is 3.47. The smallest absolute Gasteiger partial charge is 0.273 e. The van der Waals surface area contributed by atoms with Crippen LogP contribution >= 0.6 is 11.3 Å². The van der Waals surface area contributed by atoms with Crippen LogP contribution in [0, 0.1) is 5.92 Å². The normalized spacial score (nSPS) is 18.5. The lowest BCUT2D eigenvalue weighted by Gasteiger charge is -2.33. The van der Waals surface area contributed by atoms with Crippen LogP contribution in [0.2, 0.25) is 0 Å². The van der Waals surface area contributed by atoms with Crippen molar-refractivity contribution in [2.75, 3.05) is 51.1 Å². The highest BCUT2D eigenvalue weighted by Gasteiger charge is 2.26. The van der Waals surface area contributed by atoms with E-state index < -0.39 is 0 Å². The number of hydrogen-bond acceptors (Lipinski definition) is 6. The lowest BCUT2D eigenvalue weighted by Crippen LogP contribution is -2.51. The first-order valence-corrected chi connectivity index (χ1v) is 9.51. The van der Waals surface area contributed by atoms with E-state index in [1.165, 1.54) is 24.2 Å². The summed E-state index contributed by atoms with van der Waals surface area (Å²) >= 11 is 1.46. The van der Waals surface area contributed by atoms with Crippen LogP contribution in [0.4, 0.5) is 5.13 Å². The van der Waals surface area contributed by atoms with Crippen molar-refractivity contribution in [3.63, 3.8) is 0 Å². The van der Waals surface area contributed by atoms with Gasteiger partial charge in [-0.2, -0.15) is 0 Å². The number of hydrogen-bond donors (Lipinski definition) is 2. The Labute approximate surface area is 146 Å². The Morgan fingerprint density at radius 3 is 2.71 bits per heavy atom. The van der Waals surface area contributed by atoms with Gasteiger partial charge in [-0.15, -0.1) is 11.3 Å². The van der Waals surface area contributed by atoms with Crippen molar-refractivity contribution < 1.29 is 9.59 Å². The van der Waals surface area contributed by atoms with Crippen LogP contribution in [0.3, 0.4) is 0 Å². The third-order valence-corrected chi connectivity index (χ3v) is 5.16. The second-order valence-corrected chi connectivity index (χ2v) is 7.24. The minimum absolute atomic E-state index is 0.0202. The highest BCUT2D eigenvalue weighted by Crippen LogP contribution is 2.27. The molecule has 7 nitrogen and oxygen atoms in total. The van der Waals surface area contributed by atoms with Crippen LogP contribution in [0.25, 0.3) is 0 Å². The zero-order chi connectivity index (χ0) is 16.9. The summed E-state index contributed by atoms with van der Waals surface area (Å²) in [6, 6.07) is 0. The van der Waals surface area contributed by atoms with Crippen LogP contribution in [-0.4, -0.2) is 72.4 Å². The second kappa shape index (κ2) is 7.94. The van der Waals surface area contributed by atoms with Crippen LogP contribution in [0.1, 0.15) is 30.3 Å². The molecule has 1 aromatic heterocycles. The number of piperazine rings is 1. The van der Waals surface area contributed by atoms with Gasteiger partial charge in [0.05, 0.1) is 6.54 Å². The third kappa shape index (κ3) is 4.67. The number of rotatable bonds is 7. The predicted octanol–water partition coefficient (Wildman–Crippen LogP) is 0.859. The van der Waals surface area contributed by atoms with Gasteiger partial charge in [-0.25, -0.2) is 4.98 Å². The van der Waals surface area contributed by atoms with Crippen molar-refractivity contribution in [1.29, 1.82) is 0 Å². The maximum Gasteiger partial charge on any atom is 0.273 e. The molecule has 0 bridgehead atoms. The van der Waals surface area contributed by atoms with Crippen molar-refractivity contribution in [3.8, 4) is 0 Å². The SMILES string of the molecule is CCNc1nc(C(=O)N2CCN(CC(=O)NCC3CC3)CC2)cs1.